The van der Waals surface area contributed by atoms with Crippen LogP contribution in [-0.4, -0.2) is 31.0 Å². The fraction of sp³-hybridized carbons (Fsp3) is 0.556. The van der Waals surface area contributed by atoms with Crippen LogP contribution in [0.15, 0.2) is 36.4 Å². The van der Waals surface area contributed by atoms with Crippen LogP contribution in [0.3, 0.4) is 0 Å². The van der Waals surface area contributed by atoms with Gasteiger partial charge in [-0.2, -0.15) is 0 Å². The SMILES string of the molecule is CC=C[C@@H](O)[C@H](C)[C@H]1OC(c2ccc(OC)cc2)OC[C@@H]1C. The second-order valence-corrected chi connectivity index (χ2v) is 5.89. The third-order valence-electron chi connectivity index (χ3n) is 4.19. The Hall–Kier alpha value is -1.36. The third-order valence-corrected chi connectivity index (χ3v) is 4.19. The van der Waals surface area contributed by atoms with Crippen LogP contribution >= 0.6 is 0 Å². The second-order valence-electron chi connectivity index (χ2n) is 5.89. The van der Waals surface area contributed by atoms with Crippen molar-refractivity contribution in [3.8, 4) is 5.75 Å². The highest BCUT2D eigenvalue weighted by molar-refractivity contribution is 5.28. The van der Waals surface area contributed by atoms with Gasteiger partial charge in [-0.05, 0) is 19.1 Å². The Morgan fingerprint density at radius 1 is 1.32 bits per heavy atom. The molecule has 2 rings (SSSR count). The molecule has 122 valence electrons. The molecule has 22 heavy (non-hydrogen) atoms. The van der Waals surface area contributed by atoms with Crippen LogP contribution in [0.2, 0.25) is 0 Å². The van der Waals surface area contributed by atoms with E-state index >= 15 is 0 Å². The molecule has 1 aliphatic heterocycles. The summed E-state index contributed by atoms with van der Waals surface area (Å²) in [4.78, 5) is 0. The summed E-state index contributed by atoms with van der Waals surface area (Å²) in [6.07, 6.45) is 2.72. The van der Waals surface area contributed by atoms with E-state index in [0.717, 1.165) is 11.3 Å². The molecule has 4 nitrogen and oxygen atoms in total. The topological polar surface area (TPSA) is 47.9 Å². The molecule has 0 bridgehead atoms. The van der Waals surface area contributed by atoms with Crippen LogP contribution in [0.4, 0.5) is 0 Å². The molecule has 1 aromatic rings. The summed E-state index contributed by atoms with van der Waals surface area (Å²) in [5.74, 6) is 1.06. The van der Waals surface area contributed by atoms with Crippen molar-refractivity contribution in [1.82, 2.24) is 0 Å². The Bertz CT molecular complexity index is 482. The molecule has 0 aliphatic carbocycles. The Labute approximate surface area is 132 Å². The first-order chi connectivity index (χ1) is 10.6. The van der Waals surface area contributed by atoms with E-state index in [2.05, 4.69) is 6.92 Å². The van der Waals surface area contributed by atoms with Crippen LogP contribution in [0, 0.1) is 11.8 Å². The molecule has 1 N–H and O–H groups in total. The summed E-state index contributed by atoms with van der Waals surface area (Å²) in [7, 11) is 1.64. The average Bonchev–Trinajstić information content (AvgIpc) is 2.55. The summed E-state index contributed by atoms with van der Waals surface area (Å²) >= 11 is 0. The average molecular weight is 306 g/mol. The molecule has 1 fully saturated rings. The standard InChI is InChI=1S/C18H26O4/c1-5-6-16(19)13(3)17-12(2)11-21-18(22-17)14-7-9-15(20-4)10-8-14/h5-10,12-13,16-19H,11H2,1-4H3/t12-,13-,16+,17-,18?/m0/s1. The van der Waals surface area contributed by atoms with Crippen LogP contribution in [-0.2, 0) is 9.47 Å². The summed E-state index contributed by atoms with van der Waals surface area (Å²) < 4.78 is 17.1. The fourth-order valence-electron chi connectivity index (χ4n) is 2.79. The molecule has 0 spiro atoms. The predicted molar refractivity (Wildman–Crippen MR) is 85.7 cm³/mol. The Balaban J connectivity index is 2.09. The molecule has 4 heteroatoms. The van der Waals surface area contributed by atoms with Crippen LogP contribution in [0.5, 0.6) is 5.75 Å². The van der Waals surface area contributed by atoms with E-state index in [0.29, 0.717) is 6.61 Å². The highest BCUT2D eigenvalue weighted by atomic mass is 16.7. The van der Waals surface area contributed by atoms with Crippen molar-refractivity contribution in [3.05, 3.63) is 42.0 Å². The van der Waals surface area contributed by atoms with E-state index in [9.17, 15) is 5.11 Å². The molecule has 0 radical (unpaired) electrons. The molecule has 0 saturated carbocycles. The molecular weight excluding hydrogens is 280 g/mol. The molecule has 0 aromatic heterocycles. The van der Waals surface area contributed by atoms with Gasteiger partial charge in [0.15, 0.2) is 6.29 Å². The van der Waals surface area contributed by atoms with Gasteiger partial charge in [-0.3, -0.25) is 0 Å². The minimum atomic E-state index is -0.507. The van der Waals surface area contributed by atoms with Gasteiger partial charge in [-0.15, -0.1) is 0 Å². The first kappa shape index (κ1) is 17.0. The Kier molecular flexibility index (Phi) is 6.00. The zero-order chi connectivity index (χ0) is 16.1. The van der Waals surface area contributed by atoms with Crippen molar-refractivity contribution in [2.24, 2.45) is 11.8 Å². The van der Waals surface area contributed by atoms with Crippen LogP contribution in [0.25, 0.3) is 0 Å². The van der Waals surface area contributed by atoms with Gasteiger partial charge in [0, 0.05) is 17.4 Å². The zero-order valence-electron chi connectivity index (χ0n) is 13.7. The van der Waals surface area contributed by atoms with Gasteiger partial charge in [0.25, 0.3) is 0 Å². The van der Waals surface area contributed by atoms with Crippen molar-refractivity contribution in [3.63, 3.8) is 0 Å². The number of rotatable bonds is 5. The summed E-state index contributed by atoms with van der Waals surface area (Å²) in [5, 5.41) is 10.2. The molecule has 5 atom stereocenters. The number of aliphatic hydroxyl groups is 1. The molecule has 1 heterocycles. The quantitative estimate of drug-likeness (QED) is 0.848. The number of methoxy groups -OCH3 is 1. The molecule has 1 unspecified atom stereocenters. The fourth-order valence-corrected chi connectivity index (χ4v) is 2.79. The van der Waals surface area contributed by atoms with Gasteiger partial charge < -0.3 is 19.3 Å². The van der Waals surface area contributed by atoms with E-state index in [4.69, 9.17) is 14.2 Å². The molecule has 1 aliphatic rings. The molecule has 0 amide bonds. The van der Waals surface area contributed by atoms with Gasteiger partial charge in [-0.25, -0.2) is 0 Å². The van der Waals surface area contributed by atoms with Gasteiger partial charge in [-0.1, -0.05) is 38.1 Å². The summed E-state index contributed by atoms with van der Waals surface area (Å²) in [5.41, 5.74) is 0.963. The van der Waals surface area contributed by atoms with Crippen LogP contribution < -0.4 is 4.74 Å². The monoisotopic (exact) mass is 306 g/mol. The summed E-state index contributed by atoms with van der Waals surface area (Å²) in [6.45, 7) is 6.63. The third kappa shape index (κ3) is 3.88. The maximum absolute atomic E-state index is 10.2. The number of ether oxygens (including phenoxy) is 3. The zero-order valence-corrected chi connectivity index (χ0v) is 13.7. The van der Waals surface area contributed by atoms with Gasteiger partial charge in [0.05, 0.1) is 25.9 Å². The lowest BCUT2D eigenvalue weighted by molar-refractivity contribution is -0.254. The Morgan fingerprint density at radius 3 is 2.59 bits per heavy atom. The lowest BCUT2D eigenvalue weighted by Crippen LogP contribution is -2.42. The van der Waals surface area contributed by atoms with Crippen LogP contribution in [0.1, 0.15) is 32.6 Å². The van der Waals surface area contributed by atoms with Crippen molar-refractivity contribution >= 4 is 0 Å². The normalized spacial score (nSPS) is 28.5. The van der Waals surface area contributed by atoms with Gasteiger partial charge >= 0.3 is 0 Å². The highest BCUT2D eigenvalue weighted by Gasteiger charge is 2.35. The number of hydrogen-bond donors (Lipinski definition) is 1. The lowest BCUT2D eigenvalue weighted by Gasteiger charge is -2.39. The van der Waals surface area contributed by atoms with E-state index in [1.165, 1.54) is 0 Å². The largest absolute Gasteiger partial charge is 0.497 e. The van der Waals surface area contributed by atoms with Gasteiger partial charge in [0.1, 0.15) is 5.75 Å². The van der Waals surface area contributed by atoms with Crippen molar-refractivity contribution in [2.75, 3.05) is 13.7 Å². The minimum Gasteiger partial charge on any atom is -0.497 e. The van der Waals surface area contributed by atoms with Crippen molar-refractivity contribution < 1.29 is 19.3 Å². The van der Waals surface area contributed by atoms with Crippen molar-refractivity contribution in [1.29, 1.82) is 0 Å². The first-order valence-corrected chi connectivity index (χ1v) is 7.78. The lowest BCUT2D eigenvalue weighted by atomic mass is 9.88. The number of aliphatic hydroxyl groups excluding tert-OH is 1. The van der Waals surface area contributed by atoms with E-state index in [1.54, 1.807) is 13.2 Å². The molecule has 1 aromatic carbocycles. The summed E-state index contributed by atoms with van der Waals surface area (Å²) in [6, 6.07) is 7.69. The second kappa shape index (κ2) is 7.77. The highest BCUT2D eigenvalue weighted by Crippen LogP contribution is 2.34. The minimum absolute atomic E-state index is 0.0100. The maximum atomic E-state index is 10.2. The van der Waals surface area contributed by atoms with E-state index < -0.39 is 12.4 Å². The molecular formula is C18H26O4. The molecule has 1 saturated heterocycles. The smallest absolute Gasteiger partial charge is 0.184 e. The Morgan fingerprint density at radius 2 is 2.00 bits per heavy atom. The number of hydrogen-bond acceptors (Lipinski definition) is 4. The number of allylic oxidation sites excluding steroid dienone is 1. The number of benzene rings is 1. The van der Waals surface area contributed by atoms with E-state index in [1.807, 2.05) is 44.2 Å². The predicted octanol–water partition coefficient (Wildman–Crippen LogP) is 3.32. The van der Waals surface area contributed by atoms with Gasteiger partial charge in [0.2, 0.25) is 0 Å². The van der Waals surface area contributed by atoms with Crippen molar-refractivity contribution in [2.45, 2.75) is 39.3 Å². The first-order valence-electron chi connectivity index (χ1n) is 7.78. The maximum Gasteiger partial charge on any atom is 0.184 e. The van der Waals surface area contributed by atoms with E-state index in [-0.39, 0.29) is 17.9 Å².